The molecule has 2 heterocycles. The van der Waals surface area contributed by atoms with Crippen molar-refractivity contribution in [1.82, 2.24) is 5.32 Å². The Balaban J connectivity index is 1.77. The average Bonchev–Trinajstić information content (AvgIpc) is 3.21. The molecule has 1 aromatic heterocycles. The number of urea groups is 1. The summed E-state index contributed by atoms with van der Waals surface area (Å²) in [4.78, 5) is 26.1. The minimum absolute atomic E-state index is 0.113. The number of anilines is 2. The van der Waals surface area contributed by atoms with Crippen LogP contribution < -0.4 is 15.5 Å². The molecular weight excluding hydrogens is 306 g/mol. The largest absolute Gasteiger partial charge is 0.456 e. The Labute approximate surface area is 140 Å². The van der Waals surface area contributed by atoms with Crippen LogP contribution in [0.1, 0.15) is 35.7 Å². The summed E-state index contributed by atoms with van der Waals surface area (Å²) >= 11 is 0. The van der Waals surface area contributed by atoms with Gasteiger partial charge in [0.15, 0.2) is 5.76 Å². The second-order valence-electron chi connectivity index (χ2n) is 5.65. The van der Waals surface area contributed by atoms with Crippen LogP contribution in [0.15, 0.2) is 34.7 Å². The van der Waals surface area contributed by atoms with E-state index in [4.69, 9.17) is 4.42 Å². The number of carbonyl (C=O) groups is 2. The Morgan fingerprint density at radius 1 is 1.21 bits per heavy atom. The molecule has 0 fully saturated rings. The topological polar surface area (TPSA) is 74.6 Å². The Kier molecular flexibility index (Phi) is 4.55. The third-order valence-corrected chi connectivity index (χ3v) is 4.05. The van der Waals surface area contributed by atoms with Gasteiger partial charge in [-0.3, -0.25) is 9.69 Å². The highest BCUT2D eigenvalue weighted by atomic mass is 16.3. The molecule has 3 amide bonds. The number of nitrogens with one attached hydrogen (secondary N) is 2. The van der Waals surface area contributed by atoms with Crippen molar-refractivity contribution in [3.63, 3.8) is 0 Å². The maximum atomic E-state index is 12.3. The monoisotopic (exact) mass is 327 g/mol. The van der Waals surface area contributed by atoms with Crippen LogP contribution in [-0.4, -0.2) is 25.0 Å². The number of furan rings is 1. The fourth-order valence-electron chi connectivity index (χ4n) is 2.80. The molecule has 2 aromatic rings. The van der Waals surface area contributed by atoms with Gasteiger partial charge in [0.2, 0.25) is 0 Å². The molecule has 0 unspecified atom stereocenters. The lowest BCUT2D eigenvalue weighted by Crippen LogP contribution is -2.38. The second-order valence-corrected chi connectivity index (χ2v) is 5.65. The van der Waals surface area contributed by atoms with Crippen molar-refractivity contribution in [1.29, 1.82) is 0 Å². The van der Waals surface area contributed by atoms with Crippen molar-refractivity contribution in [3.05, 3.63) is 47.4 Å². The second kappa shape index (κ2) is 6.78. The van der Waals surface area contributed by atoms with Gasteiger partial charge in [0.1, 0.15) is 5.76 Å². The molecule has 0 saturated heterocycles. The van der Waals surface area contributed by atoms with Crippen LogP contribution in [0.25, 0.3) is 0 Å². The summed E-state index contributed by atoms with van der Waals surface area (Å²) < 4.78 is 5.46. The first kappa shape index (κ1) is 16.1. The van der Waals surface area contributed by atoms with E-state index >= 15 is 0 Å². The van der Waals surface area contributed by atoms with Crippen molar-refractivity contribution in [2.45, 2.75) is 26.7 Å². The van der Waals surface area contributed by atoms with Gasteiger partial charge in [0.25, 0.3) is 5.91 Å². The number of nitrogens with zero attached hydrogens (tertiary/aromatic N) is 1. The zero-order valence-corrected chi connectivity index (χ0v) is 13.9. The van der Waals surface area contributed by atoms with Crippen LogP contribution in [-0.2, 0) is 12.8 Å². The van der Waals surface area contributed by atoms with Gasteiger partial charge in [-0.25, -0.2) is 4.79 Å². The molecular formula is C18H21N3O3. The Morgan fingerprint density at radius 3 is 2.75 bits per heavy atom. The number of hydrogen-bond acceptors (Lipinski definition) is 3. The minimum atomic E-state index is -0.294. The highest BCUT2D eigenvalue weighted by Crippen LogP contribution is 2.31. The van der Waals surface area contributed by atoms with Gasteiger partial charge in [0, 0.05) is 25.2 Å². The third kappa shape index (κ3) is 3.13. The van der Waals surface area contributed by atoms with E-state index in [1.807, 2.05) is 32.0 Å². The van der Waals surface area contributed by atoms with Crippen molar-refractivity contribution in [3.8, 4) is 0 Å². The smallest absolute Gasteiger partial charge is 0.321 e. The van der Waals surface area contributed by atoms with Gasteiger partial charge in [-0.05, 0) is 43.2 Å². The number of rotatable bonds is 4. The van der Waals surface area contributed by atoms with Crippen LogP contribution in [0.3, 0.4) is 0 Å². The molecule has 6 nitrogen and oxygen atoms in total. The van der Waals surface area contributed by atoms with Crippen molar-refractivity contribution in [2.24, 2.45) is 0 Å². The summed E-state index contributed by atoms with van der Waals surface area (Å²) in [5.74, 6) is 0.765. The molecule has 1 aliphatic heterocycles. The fraction of sp³-hybridized carbons (Fsp3) is 0.333. The number of benzene rings is 1. The van der Waals surface area contributed by atoms with E-state index < -0.39 is 0 Å². The average molecular weight is 327 g/mol. The SMILES string of the molecule is CCNC(=O)N1CCc2ccc(NC(=O)c3ccc(CC)o3)cc21. The number of aryl methyl sites for hydroxylation is 1. The van der Waals surface area contributed by atoms with Crippen LogP contribution in [0.4, 0.5) is 16.2 Å². The molecule has 0 saturated carbocycles. The lowest BCUT2D eigenvalue weighted by molar-refractivity contribution is 0.0995. The summed E-state index contributed by atoms with van der Waals surface area (Å²) in [5, 5.41) is 5.63. The summed E-state index contributed by atoms with van der Waals surface area (Å²) in [6.45, 7) is 5.09. The van der Waals surface area contributed by atoms with Gasteiger partial charge in [-0.2, -0.15) is 0 Å². The zero-order chi connectivity index (χ0) is 17.1. The minimum Gasteiger partial charge on any atom is -0.456 e. The maximum Gasteiger partial charge on any atom is 0.321 e. The Hall–Kier alpha value is -2.76. The lowest BCUT2D eigenvalue weighted by Gasteiger charge is -2.18. The van der Waals surface area contributed by atoms with Gasteiger partial charge in [-0.1, -0.05) is 13.0 Å². The van der Waals surface area contributed by atoms with E-state index in [-0.39, 0.29) is 17.7 Å². The molecule has 0 bridgehead atoms. The lowest BCUT2D eigenvalue weighted by atomic mass is 10.1. The van der Waals surface area contributed by atoms with E-state index in [2.05, 4.69) is 10.6 Å². The molecule has 0 spiro atoms. The van der Waals surface area contributed by atoms with Gasteiger partial charge < -0.3 is 15.1 Å². The van der Waals surface area contributed by atoms with Gasteiger partial charge in [0.05, 0.1) is 5.69 Å². The molecule has 1 aliphatic rings. The Bertz CT molecular complexity index is 767. The van der Waals surface area contributed by atoms with Crippen LogP contribution >= 0.6 is 0 Å². The van der Waals surface area contributed by atoms with E-state index in [1.165, 1.54) is 0 Å². The number of fused-ring (bicyclic) bond motifs is 1. The molecule has 6 heteroatoms. The summed E-state index contributed by atoms with van der Waals surface area (Å²) in [6, 6.07) is 8.99. The molecule has 2 N–H and O–H groups in total. The van der Waals surface area contributed by atoms with Crippen LogP contribution in [0.5, 0.6) is 0 Å². The number of amides is 3. The molecule has 0 atom stereocenters. The quantitative estimate of drug-likeness (QED) is 0.905. The standard InChI is InChI=1S/C18H21N3O3/c1-3-14-7-8-16(24-14)17(22)20-13-6-5-12-9-10-21(15(12)11-13)18(23)19-4-2/h5-8,11H,3-4,9-10H2,1-2H3,(H,19,23)(H,20,22). The number of hydrogen-bond donors (Lipinski definition) is 2. The van der Waals surface area contributed by atoms with Gasteiger partial charge >= 0.3 is 6.03 Å². The first-order valence-electron chi connectivity index (χ1n) is 8.20. The molecule has 24 heavy (non-hydrogen) atoms. The molecule has 1 aromatic carbocycles. The first-order chi connectivity index (χ1) is 11.6. The Morgan fingerprint density at radius 2 is 2.04 bits per heavy atom. The van der Waals surface area contributed by atoms with Crippen LogP contribution in [0.2, 0.25) is 0 Å². The first-order valence-corrected chi connectivity index (χ1v) is 8.20. The van der Waals surface area contributed by atoms with Crippen molar-refractivity contribution < 1.29 is 14.0 Å². The zero-order valence-electron chi connectivity index (χ0n) is 13.9. The van der Waals surface area contributed by atoms with Crippen molar-refractivity contribution >= 4 is 23.3 Å². The molecule has 126 valence electrons. The highest BCUT2D eigenvalue weighted by Gasteiger charge is 2.24. The molecule has 0 radical (unpaired) electrons. The van der Waals surface area contributed by atoms with Crippen LogP contribution in [0, 0.1) is 0 Å². The summed E-state index contributed by atoms with van der Waals surface area (Å²) in [6.07, 6.45) is 1.56. The predicted molar refractivity (Wildman–Crippen MR) is 92.6 cm³/mol. The molecule has 3 rings (SSSR count). The predicted octanol–water partition coefficient (Wildman–Crippen LogP) is 3.19. The summed E-state index contributed by atoms with van der Waals surface area (Å²) in [7, 11) is 0. The normalized spacial score (nSPS) is 12.8. The number of carbonyl (C=O) groups excluding carboxylic acids is 2. The summed E-state index contributed by atoms with van der Waals surface area (Å²) in [5.41, 5.74) is 2.59. The molecule has 0 aliphatic carbocycles. The van der Waals surface area contributed by atoms with E-state index in [1.54, 1.807) is 17.0 Å². The third-order valence-electron chi connectivity index (χ3n) is 4.05. The van der Waals surface area contributed by atoms with E-state index in [9.17, 15) is 9.59 Å². The van der Waals surface area contributed by atoms with E-state index in [0.717, 1.165) is 29.9 Å². The highest BCUT2D eigenvalue weighted by molar-refractivity contribution is 6.03. The van der Waals surface area contributed by atoms with E-state index in [0.29, 0.717) is 18.8 Å². The van der Waals surface area contributed by atoms with Crippen molar-refractivity contribution in [2.75, 3.05) is 23.3 Å². The van der Waals surface area contributed by atoms with Gasteiger partial charge in [-0.15, -0.1) is 0 Å². The maximum absolute atomic E-state index is 12.3. The fourth-order valence-corrected chi connectivity index (χ4v) is 2.80.